The molecule has 0 radical (unpaired) electrons. The number of fused-ring (bicyclic) bond motifs is 1. The molecule has 1 atom stereocenters. The second-order valence-electron chi connectivity index (χ2n) is 5.67. The Morgan fingerprint density at radius 2 is 1.95 bits per heavy atom. The molecule has 3 heterocycles. The van der Waals surface area contributed by atoms with Crippen LogP contribution in [-0.2, 0) is 27.1 Å². The molecule has 7 nitrogen and oxygen atoms in total. The van der Waals surface area contributed by atoms with Crippen LogP contribution in [0, 0.1) is 0 Å². The Labute approximate surface area is 127 Å². The maximum absolute atomic E-state index is 12.3. The van der Waals surface area contributed by atoms with E-state index in [2.05, 4.69) is 10.3 Å². The van der Waals surface area contributed by atoms with E-state index in [9.17, 15) is 9.59 Å². The molecule has 0 fully saturated rings. The summed E-state index contributed by atoms with van der Waals surface area (Å²) >= 11 is 0. The van der Waals surface area contributed by atoms with Crippen molar-refractivity contribution >= 4 is 5.82 Å². The fourth-order valence-corrected chi connectivity index (χ4v) is 2.87. The molecular formula is C15H20N5O2+. The third-order valence-corrected chi connectivity index (χ3v) is 4.21. The molecule has 1 aliphatic rings. The third kappa shape index (κ3) is 2.55. The Morgan fingerprint density at radius 3 is 2.68 bits per heavy atom. The molecule has 1 aliphatic heterocycles. The number of quaternary nitrogens is 1. The van der Waals surface area contributed by atoms with Gasteiger partial charge in [0.2, 0.25) is 0 Å². The van der Waals surface area contributed by atoms with Crippen molar-refractivity contribution < 1.29 is 4.90 Å². The molecule has 0 aliphatic carbocycles. The summed E-state index contributed by atoms with van der Waals surface area (Å²) in [4.78, 5) is 29.5. The highest BCUT2D eigenvalue weighted by atomic mass is 16.2. The predicted octanol–water partition coefficient (Wildman–Crippen LogP) is -1.51. The second-order valence-corrected chi connectivity index (χ2v) is 5.67. The van der Waals surface area contributed by atoms with Crippen molar-refractivity contribution in [3.8, 4) is 0 Å². The first-order valence-electron chi connectivity index (χ1n) is 7.33. The van der Waals surface area contributed by atoms with Gasteiger partial charge in [-0.1, -0.05) is 0 Å². The number of nitrogens with zero attached hydrogens (tertiary/aromatic N) is 3. The largest absolute Gasteiger partial charge is 0.332 e. The molecule has 2 aromatic rings. The van der Waals surface area contributed by atoms with Crippen LogP contribution in [0.5, 0.6) is 0 Å². The number of nitrogens with one attached hydrogen (secondary N) is 2. The van der Waals surface area contributed by atoms with E-state index in [0.29, 0.717) is 24.6 Å². The summed E-state index contributed by atoms with van der Waals surface area (Å²) in [5, 5.41) is 3.23. The lowest BCUT2D eigenvalue weighted by molar-refractivity contribution is -0.912. The summed E-state index contributed by atoms with van der Waals surface area (Å²) in [7, 11) is 3.21. The van der Waals surface area contributed by atoms with Crippen molar-refractivity contribution in [1.82, 2.24) is 14.1 Å². The number of rotatable bonds is 3. The molecule has 0 saturated carbocycles. The van der Waals surface area contributed by atoms with Gasteiger partial charge in [0.25, 0.3) is 5.56 Å². The zero-order valence-electron chi connectivity index (χ0n) is 12.8. The average molecular weight is 302 g/mol. The molecule has 0 bridgehead atoms. The summed E-state index contributed by atoms with van der Waals surface area (Å²) in [6, 6.07) is 4.01. The quantitative estimate of drug-likeness (QED) is 0.723. The van der Waals surface area contributed by atoms with E-state index in [0.717, 1.165) is 13.0 Å². The third-order valence-electron chi connectivity index (χ3n) is 4.21. The SMILES string of the molecule is Cn1c2c(c(=O)n(C)c1=O)C[NH+](CCc1ccncc1)CN2. The Morgan fingerprint density at radius 1 is 1.23 bits per heavy atom. The van der Waals surface area contributed by atoms with E-state index in [1.54, 1.807) is 19.4 Å². The minimum atomic E-state index is -0.295. The summed E-state index contributed by atoms with van der Waals surface area (Å²) in [5.74, 6) is 0.653. The summed E-state index contributed by atoms with van der Waals surface area (Å²) in [5.41, 5.74) is 1.42. The Bertz CT molecular complexity index is 794. The highest BCUT2D eigenvalue weighted by molar-refractivity contribution is 5.43. The molecule has 2 aromatic heterocycles. The van der Waals surface area contributed by atoms with Gasteiger partial charge in [0.1, 0.15) is 17.9 Å². The molecule has 1 unspecified atom stereocenters. The van der Waals surface area contributed by atoms with Crippen LogP contribution in [-0.4, -0.2) is 27.3 Å². The maximum atomic E-state index is 12.3. The number of anilines is 1. The van der Waals surface area contributed by atoms with Crippen LogP contribution in [0.3, 0.4) is 0 Å². The molecule has 0 amide bonds. The summed E-state index contributed by atoms with van der Waals surface area (Å²) in [6.45, 7) is 2.26. The number of hydrogen-bond donors (Lipinski definition) is 2. The van der Waals surface area contributed by atoms with Crippen molar-refractivity contribution in [2.24, 2.45) is 14.1 Å². The van der Waals surface area contributed by atoms with Gasteiger partial charge in [-0.15, -0.1) is 0 Å². The number of hydrogen-bond acceptors (Lipinski definition) is 4. The van der Waals surface area contributed by atoms with Gasteiger partial charge in [0.15, 0.2) is 6.67 Å². The highest BCUT2D eigenvalue weighted by Gasteiger charge is 2.25. The molecular weight excluding hydrogens is 282 g/mol. The first-order valence-corrected chi connectivity index (χ1v) is 7.33. The topological polar surface area (TPSA) is 73.4 Å². The monoisotopic (exact) mass is 302 g/mol. The van der Waals surface area contributed by atoms with Crippen LogP contribution < -0.4 is 21.5 Å². The van der Waals surface area contributed by atoms with Gasteiger partial charge in [-0.2, -0.15) is 0 Å². The normalized spacial score (nSPS) is 16.9. The van der Waals surface area contributed by atoms with Gasteiger partial charge in [0, 0.05) is 32.9 Å². The first kappa shape index (κ1) is 14.5. The van der Waals surface area contributed by atoms with Gasteiger partial charge in [0.05, 0.1) is 6.54 Å². The lowest BCUT2D eigenvalue weighted by Crippen LogP contribution is -3.13. The van der Waals surface area contributed by atoms with Crippen molar-refractivity contribution in [3.63, 3.8) is 0 Å². The standard InChI is InChI=1S/C15H19N5O2/c1-18-13-12(14(21)19(2)15(18)22)9-20(10-17-13)8-5-11-3-6-16-7-4-11/h3-4,6-7,17H,5,8-10H2,1-2H3/p+1. The van der Waals surface area contributed by atoms with Gasteiger partial charge >= 0.3 is 5.69 Å². The fraction of sp³-hybridized carbons (Fsp3) is 0.400. The Hall–Kier alpha value is -2.41. The minimum Gasteiger partial charge on any atom is -0.324 e. The highest BCUT2D eigenvalue weighted by Crippen LogP contribution is 2.08. The molecule has 2 N–H and O–H groups in total. The maximum Gasteiger partial charge on any atom is 0.332 e. The van der Waals surface area contributed by atoms with Crippen molar-refractivity contribution in [1.29, 1.82) is 0 Å². The molecule has 0 aromatic carbocycles. The Balaban J connectivity index is 1.80. The molecule has 116 valence electrons. The lowest BCUT2D eigenvalue weighted by atomic mass is 10.1. The van der Waals surface area contributed by atoms with Crippen LogP contribution in [0.15, 0.2) is 34.1 Å². The van der Waals surface area contributed by atoms with Crippen molar-refractivity contribution in [3.05, 3.63) is 56.5 Å². The molecule has 7 heteroatoms. The molecule has 3 rings (SSSR count). The molecule has 22 heavy (non-hydrogen) atoms. The van der Waals surface area contributed by atoms with Crippen LogP contribution >= 0.6 is 0 Å². The van der Waals surface area contributed by atoms with Crippen LogP contribution in [0.4, 0.5) is 5.82 Å². The fourth-order valence-electron chi connectivity index (χ4n) is 2.87. The van der Waals surface area contributed by atoms with E-state index in [4.69, 9.17) is 0 Å². The van der Waals surface area contributed by atoms with E-state index in [-0.39, 0.29) is 11.2 Å². The van der Waals surface area contributed by atoms with E-state index < -0.39 is 0 Å². The average Bonchev–Trinajstić information content (AvgIpc) is 2.57. The van der Waals surface area contributed by atoms with Crippen LogP contribution in [0.25, 0.3) is 0 Å². The van der Waals surface area contributed by atoms with E-state index in [1.807, 2.05) is 12.1 Å². The van der Waals surface area contributed by atoms with Crippen molar-refractivity contribution in [2.75, 3.05) is 18.5 Å². The van der Waals surface area contributed by atoms with Crippen molar-refractivity contribution in [2.45, 2.75) is 13.0 Å². The minimum absolute atomic E-state index is 0.202. The predicted molar refractivity (Wildman–Crippen MR) is 82.9 cm³/mol. The zero-order chi connectivity index (χ0) is 15.7. The number of aromatic nitrogens is 3. The van der Waals surface area contributed by atoms with Gasteiger partial charge in [-0.25, -0.2) is 4.79 Å². The van der Waals surface area contributed by atoms with E-state index >= 15 is 0 Å². The van der Waals surface area contributed by atoms with Gasteiger partial charge < -0.3 is 10.2 Å². The van der Waals surface area contributed by atoms with Gasteiger partial charge in [-0.3, -0.25) is 18.9 Å². The zero-order valence-corrected chi connectivity index (χ0v) is 12.8. The first-order chi connectivity index (χ1) is 10.6. The van der Waals surface area contributed by atoms with Crippen LogP contribution in [0.2, 0.25) is 0 Å². The smallest absolute Gasteiger partial charge is 0.324 e. The van der Waals surface area contributed by atoms with Gasteiger partial charge in [-0.05, 0) is 17.7 Å². The number of pyridine rings is 1. The second kappa shape index (κ2) is 5.76. The molecule has 0 saturated heterocycles. The summed E-state index contributed by atoms with van der Waals surface area (Å²) < 4.78 is 2.68. The van der Waals surface area contributed by atoms with Crippen LogP contribution in [0.1, 0.15) is 11.1 Å². The lowest BCUT2D eigenvalue weighted by Gasteiger charge is -2.28. The Kier molecular flexibility index (Phi) is 3.81. The van der Waals surface area contributed by atoms with E-state index in [1.165, 1.54) is 26.6 Å². The summed E-state index contributed by atoms with van der Waals surface area (Å²) in [6.07, 6.45) is 4.51. The molecule has 0 spiro atoms.